The van der Waals surface area contributed by atoms with Crippen LogP contribution in [-0.4, -0.2) is 63.4 Å². The minimum Gasteiger partial charge on any atom is -0.459 e. The molecule has 2 bridgehead atoms. The van der Waals surface area contributed by atoms with Crippen molar-refractivity contribution in [2.24, 2.45) is 5.92 Å². The fraction of sp³-hybridized carbons (Fsp3) is 0.360. The Labute approximate surface area is 200 Å². The Balaban J connectivity index is 1.21. The number of likely N-dealkylation sites (tertiary alicyclic amines) is 1. The number of aromatic amines is 1. The van der Waals surface area contributed by atoms with Gasteiger partial charge in [0.15, 0.2) is 0 Å². The summed E-state index contributed by atoms with van der Waals surface area (Å²) in [5, 5.41) is 22.6. The van der Waals surface area contributed by atoms with Crippen LogP contribution >= 0.6 is 0 Å². The molecule has 0 unspecified atom stereocenters. The monoisotopic (exact) mass is 479 g/mol. The first kappa shape index (κ1) is 23.0. The van der Waals surface area contributed by atoms with Gasteiger partial charge in [0.25, 0.3) is 5.69 Å². The lowest BCUT2D eigenvalue weighted by atomic mass is 9.84. The molecule has 10 nitrogen and oxygen atoms in total. The number of rotatable bonds is 7. The van der Waals surface area contributed by atoms with E-state index in [1.165, 1.54) is 24.3 Å². The number of non-ortho nitro benzene ring substituents is 1. The second kappa shape index (κ2) is 9.47. The van der Waals surface area contributed by atoms with E-state index in [2.05, 4.69) is 4.98 Å². The lowest BCUT2D eigenvalue weighted by molar-refractivity contribution is -0.384. The number of esters is 1. The Bertz CT molecular complexity index is 1260. The molecule has 5 rings (SSSR count). The van der Waals surface area contributed by atoms with Gasteiger partial charge in [-0.3, -0.25) is 14.9 Å². The van der Waals surface area contributed by atoms with Crippen LogP contribution in [0, 0.1) is 16.0 Å². The molecule has 2 N–H and O–H groups in total. The summed E-state index contributed by atoms with van der Waals surface area (Å²) < 4.78 is 11.4. The molecular formula is C25H25N3O7. The second-order valence-electron chi connectivity index (χ2n) is 8.92. The number of aliphatic hydroxyl groups is 1. The minimum absolute atomic E-state index is 0.0635. The van der Waals surface area contributed by atoms with E-state index in [0.717, 1.165) is 16.5 Å². The van der Waals surface area contributed by atoms with Gasteiger partial charge in [-0.05, 0) is 36.6 Å². The van der Waals surface area contributed by atoms with Crippen molar-refractivity contribution in [2.45, 2.75) is 37.7 Å². The molecule has 2 aromatic carbocycles. The highest BCUT2D eigenvalue weighted by Gasteiger charge is 2.46. The average Bonchev–Trinajstić information content (AvgIpc) is 3.28. The van der Waals surface area contributed by atoms with Crippen LogP contribution in [0.5, 0.6) is 0 Å². The topological polar surface area (TPSA) is 135 Å². The zero-order valence-corrected chi connectivity index (χ0v) is 18.8. The van der Waals surface area contributed by atoms with Gasteiger partial charge in [0, 0.05) is 48.1 Å². The maximum Gasteiger partial charge on any atom is 0.338 e. The number of nitrogens with zero attached hydrogens (tertiary/aromatic N) is 2. The van der Waals surface area contributed by atoms with Crippen LogP contribution in [0.2, 0.25) is 0 Å². The largest absolute Gasteiger partial charge is 0.459 e. The summed E-state index contributed by atoms with van der Waals surface area (Å²) in [6.07, 6.45) is 1.13. The molecule has 2 saturated heterocycles. The van der Waals surface area contributed by atoms with Gasteiger partial charge in [-0.2, -0.15) is 0 Å². The van der Waals surface area contributed by atoms with E-state index < -0.39 is 29.3 Å². The van der Waals surface area contributed by atoms with Crippen LogP contribution in [0.15, 0.2) is 54.7 Å². The van der Waals surface area contributed by atoms with E-state index in [-0.39, 0.29) is 36.1 Å². The predicted molar refractivity (Wildman–Crippen MR) is 124 cm³/mol. The molecule has 3 heterocycles. The quantitative estimate of drug-likeness (QED) is 0.302. The zero-order chi connectivity index (χ0) is 24.5. The highest BCUT2D eigenvalue weighted by molar-refractivity contribution is 5.89. The molecule has 1 amide bonds. The number of nitrogens with one attached hydrogen (secondary N) is 1. The smallest absolute Gasteiger partial charge is 0.338 e. The van der Waals surface area contributed by atoms with Crippen molar-refractivity contribution < 1.29 is 29.1 Å². The number of aromatic nitrogens is 1. The third-order valence-electron chi connectivity index (χ3n) is 6.79. The third kappa shape index (κ3) is 4.62. The van der Waals surface area contributed by atoms with Gasteiger partial charge in [-0.25, -0.2) is 4.79 Å². The standard InChI is InChI=1S/C25H25N3O7/c29-22-11-17-12-23(27(22)10-9-16-13-26-20-4-2-1-3-19(16)20)35-21(24(17)30)14-34-25(31)15-5-7-18(8-6-15)28(32)33/h1-8,13,17,21,23-24,26,30H,9-12,14H2/t17-,21+,23-,24-/m0/s1. The van der Waals surface area contributed by atoms with Crippen LogP contribution in [-0.2, 0) is 20.7 Å². The molecule has 0 spiro atoms. The van der Waals surface area contributed by atoms with Gasteiger partial charge in [0.05, 0.1) is 16.6 Å². The van der Waals surface area contributed by atoms with E-state index in [0.29, 0.717) is 19.4 Å². The summed E-state index contributed by atoms with van der Waals surface area (Å²) >= 11 is 0. The first-order valence-electron chi connectivity index (χ1n) is 11.5. The number of nitro groups is 1. The number of hydrogen-bond acceptors (Lipinski definition) is 7. The number of amides is 1. The molecule has 2 aliphatic heterocycles. The van der Waals surface area contributed by atoms with Gasteiger partial charge in [0.2, 0.25) is 5.91 Å². The third-order valence-corrected chi connectivity index (χ3v) is 6.79. The number of carbonyl (C=O) groups is 2. The van der Waals surface area contributed by atoms with Crippen molar-refractivity contribution in [3.63, 3.8) is 0 Å². The van der Waals surface area contributed by atoms with Crippen molar-refractivity contribution in [3.05, 3.63) is 76.0 Å². The molecule has 3 aromatic rings. The van der Waals surface area contributed by atoms with Gasteiger partial charge >= 0.3 is 5.97 Å². The van der Waals surface area contributed by atoms with Crippen molar-refractivity contribution in [3.8, 4) is 0 Å². The molecule has 10 heteroatoms. The van der Waals surface area contributed by atoms with Gasteiger partial charge in [-0.15, -0.1) is 0 Å². The van der Waals surface area contributed by atoms with Crippen LogP contribution in [0.4, 0.5) is 5.69 Å². The predicted octanol–water partition coefficient (Wildman–Crippen LogP) is 2.80. The molecule has 1 aromatic heterocycles. The van der Waals surface area contributed by atoms with Gasteiger partial charge in [-0.1, -0.05) is 18.2 Å². The number of fused-ring (bicyclic) bond motifs is 3. The highest BCUT2D eigenvalue weighted by Crippen LogP contribution is 2.35. The molecule has 182 valence electrons. The first-order valence-corrected chi connectivity index (χ1v) is 11.5. The number of hydrogen-bond donors (Lipinski definition) is 2. The van der Waals surface area contributed by atoms with Crippen molar-refractivity contribution in [1.29, 1.82) is 0 Å². The maximum absolute atomic E-state index is 12.8. The summed E-state index contributed by atoms with van der Waals surface area (Å²) in [6, 6.07) is 13.1. The fourth-order valence-electron chi connectivity index (χ4n) is 4.89. The van der Waals surface area contributed by atoms with E-state index >= 15 is 0 Å². The lowest BCUT2D eigenvalue weighted by Crippen LogP contribution is -2.59. The summed E-state index contributed by atoms with van der Waals surface area (Å²) in [7, 11) is 0. The van der Waals surface area contributed by atoms with E-state index in [4.69, 9.17) is 9.47 Å². The Morgan fingerprint density at radius 3 is 2.77 bits per heavy atom. The average molecular weight is 479 g/mol. The SMILES string of the molecule is O=C(OC[C@H]1O[C@H]2C[C@H](CC(=O)N2CCc2c[nH]c3ccccc23)[C@@H]1O)c1ccc([N+](=O)[O-])cc1. The second-order valence-corrected chi connectivity index (χ2v) is 8.92. The van der Waals surface area contributed by atoms with Crippen molar-refractivity contribution in [2.75, 3.05) is 13.2 Å². The maximum atomic E-state index is 12.8. The number of nitro benzene ring substituents is 1. The van der Waals surface area contributed by atoms with Crippen molar-refractivity contribution >= 4 is 28.5 Å². The molecule has 2 fully saturated rings. The molecule has 2 aliphatic rings. The van der Waals surface area contributed by atoms with Crippen molar-refractivity contribution in [1.82, 2.24) is 9.88 Å². The molecule has 0 saturated carbocycles. The van der Waals surface area contributed by atoms with Crippen LogP contribution < -0.4 is 0 Å². The number of aliphatic hydroxyl groups excluding tert-OH is 1. The minimum atomic E-state index is -0.935. The van der Waals surface area contributed by atoms with E-state index in [1.807, 2.05) is 30.5 Å². The lowest BCUT2D eigenvalue weighted by Gasteiger charge is -2.47. The zero-order valence-electron chi connectivity index (χ0n) is 18.8. The van der Waals surface area contributed by atoms with E-state index in [1.54, 1.807) is 4.90 Å². The molecule has 35 heavy (non-hydrogen) atoms. The summed E-state index contributed by atoms with van der Waals surface area (Å²) in [5.74, 6) is -1.00. The summed E-state index contributed by atoms with van der Waals surface area (Å²) in [6.45, 7) is 0.290. The number of piperidine rings is 1. The molecule has 0 aliphatic carbocycles. The van der Waals surface area contributed by atoms with E-state index in [9.17, 15) is 24.8 Å². The normalized spacial score (nSPS) is 23.9. The Hall–Kier alpha value is -3.76. The molecular weight excluding hydrogens is 454 g/mol. The molecule has 4 atom stereocenters. The Morgan fingerprint density at radius 2 is 2.00 bits per heavy atom. The fourth-order valence-corrected chi connectivity index (χ4v) is 4.89. The summed E-state index contributed by atoms with van der Waals surface area (Å²) in [5.41, 5.74) is 2.19. The number of para-hydroxylation sites is 1. The Kier molecular flexibility index (Phi) is 6.23. The molecule has 0 radical (unpaired) electrons. The van der Waals surface area contributed by atoms with Crippen LogP contribution in [0.1, 0.15) is 28.8 Å². The summed E-state index contributed by atoms with van der Waals surface area (Å²) in [4.78, 5) is 40.4. The van der Waals surface area contributed by atoms with Crippen LogP contribution in [0.25, 0.3) is 10.9 Å². The number of benzene rings is 2. The number of H-pyrrole nitrogens is 1. The Morgan fingerprint density at radius 1 is 1.23 bits per heavy atom. The van der Waals surface area contributed by atoms with Crippen LogP contribution in [0.3, 0.4) is 0 Å². The first-order chi connectivity index (χ1) is 16.9. The van der Waals surface area contributed by atoms with Gasteiger partial charge < -0.3 is 24.5 Å². The highest BCUT2D eigenvalue weighted by atomic mass is 16.6. The number of ether oxygens (including phenoxy) is 2. The van der Waals surface area contributed by atoms with Gasteiger partial charge in [0.1, 0.15) is 18.9 Å². The number of carbonyl (C=O) groups excluding carboxylic acids is 2.